The number of nitrogens with one attached hydrogen (secondary N) is 1. The predicted octanol–water partition coefficient (Wildman–Crippen LogP) is 4.10. The van der Waals surface area contributed by atoms with E-state index in [1.165, 1.54) is 35.6 Å². The Bertz CT molecular complexity index is 1330. The first-order valence-electron chi connectivity index (χ1n) is 10.4. The van der Waals surface area contributed by atoms with E-state index in [9.17, 15) is 18.0 Å². The molecule has 0 atom stereocenters. The van der Waals surface area contributed by atoms with Gasteiger partial charge in [-0.25, -0.2) is 8.42 Å². The summed E-state index contributed by atoms with van der Waals surface area (Å²) in [5.41, 5.74) is 2.40. The fourth-order valence-corrected chi connectivity index (χ4v) is 5.25. The van der Waals surface area contributed by atoms with E-state index in [0.29, 0.717) is 23.4 Å². The third kappa shape index (κ3) is 3.45. The fourth-order valence-electron chi connectivity index (χ4n) is 3.89. The summed E-state index contributed by atoms with van der Waals surface area (Å²) in [5, 5.41) is 4.52. The summed E-state index contributed by atoms with van der Waals surface area (Å²) in [6, 6.07) is 14.8. The Morgan fingerprint density at radius 3 is 2.38 bits per heavy atom. The lowest BCUT2D eigenvalue weighted by atomic mass is 10.0. The highest BCUT2D eigenvalue weighted by Gasteiger charge is 2.29. The second-order valence-electron chi connectivity index (χ2n) is 8.00. The van der Waals surface area contributed by atoms with E-state index in [0.717, 1.165) is 16.5 Å². The van der Waals surface area contributed by atoms with Crippen LogP contribution in [0.4, 0.5) is 11.4 Å². The molecule has 0 aromatic heterocycles. The number of carbonyl (C=O) groups excluding carboxylic acids is 2. The van der Waals surface area contributed by atoms with E-state index in [2.05, 4.69) is 5.32 Å². The maximum absolute atomic E-state index is 12.9. The maximum atomic E-state index is 12.9. The summed E-state index contributed by atoms with van der Waals surface area (Å²) >= 11 is 0. The monoisotopic (exact) mass is 451 g/mol. The molecule has 3 aromatic carbocycles. The number of sulfonamides is 1. The first kappa shape index (κ1) is 22.0. The van der Waals surface area contributed by atoms with Crippen molar-refractivity contribution in [3.63, 3.8) is 0 Å². The van der Waals surface area contributed by atoms with Crippen molar-refractivity contribution in [3.05, 3.63) is 65.7 Å². The van der Waals surface area contributed by atoms with Gasteiger partial charge in [-0.3, -0.25) is 9.59 Å². The molecular formula is C24H25N3O4S. The molecule has 3 aromatic rings. The molecule has 1 aliphatic rings. The van der Waals surface area contributed by atoms with Crippen LogP contribution in [0.2, 0.25) is 0 Å². The Hall–Kier alpha value is -3.23. The number of hydrogen-bond acceptors (Lipinski definition) is 4. The molecule has 4 rings (SSSR count). The number of nitrogens with zero attached hydrogens (tertiary/aromatic N) is 2. The number of hydrogen-bond donors (Lipinski definition) is 1. The van der Waals surface area contributed by atoms with Crippen molar-refractivity contribution < 1.29 is 18.0 Å². The average Bonchev–Trinajstić information content (AvgIpc) is 3.07. The Morgan fingerprint density at radius 1 is 1.06 bits per heavy atom. The van der Waals surface area contributed by atoms with Crippen molar-refractivity contribution in [1.82, 2.24) is 4.31 Å². The average molecular weight is 452 g/mol. The molecule has 0 bridgehead atoms. The molecule has 0 saturated carbocycles. The summed E-state index contributed by atoms with van der Waals surface area (Å²) < 4.78 is 26.6. The topological polar surface area (TPSA) is 86.8 Å². The number of anilines is 2. The lowest BCUT2D eigenvalue weighted by Crippen LogP contribution is -2.33. The Kier molecular flexibility index (Phi) is 5.52. The summed E-state index contributed by atoms with van der Waals surface area (Å²) in [6.07, 6.45) is 0. The van der Waals surface area contributed by atoms with Crippen LogP contribution >= 0.6 is 0 Å². The van der Waals surface area contributed by atoms with Crippen LogP contribution in [0, 0.1) is 0 Å². The van der Waals surface area contributed by atoms with E-state index in [1.54, 1.807) is 36.9 Å². The van der Waals surface area contributed by atoms with Gasteiger partial charge in [0.25, 0.3) is 11.8 Å². The van der Waals surface area contributed by atoms with Gasteiger partial charge in [-0.1, -0.05) is 12.1 Å². The second-order valence-corrected chi connectivity index (χ2v) is 10.0. The highest BCUT2D eigenvalue weighted by Crippen LogP contribution is 2.40. The van der Waals surface area contributed by atoms with Gasteiger partial charge in [0.1, 0.15) is 0 Å². The van der Waals surface area contributed by atoms with Crippen LogP contribution in [0.1, 0.15) is 41.5 Å². The van der Waals surface area contributed by atoms with Crippen LogP contribution in [-0.4, -0.2) is 44.2 Å². The van der Waals surface area contributed by atoms with E-state index in [-0.39, 0.29) is 22.8 Å². The summed E-state index contributed by atoms with van der Waals surface area (Å²) in [4.78, 5) is 27.4. The number of carbonyl (C=O) groups is 2. The lowest BCUT2D eigenvalue weighted by molar-refractivity contribution is 0.0992. The first-order valence-corrected chi connectivity index (χ1v) is 11.9. The zero-order valence-electron chi connectivity index (χ0n) is 18.4. The standard InChI is InChI=1S/C24H25N3O4S/c1-5-27-21-14-13-20(18-7-6-8-19(22(18)21)24(27)29)25-23(28)16-9-11-17(12-10-16)32(30,31)26(4)15(2)3/h6-15H,5H2,1-4H3,(H,25,28). The van der Waals surface area contributed by atoms with E-state index in [1.807, 2.05) is 19.1 Å². The smallest absolute Gasteiger partial charge is 0.258 e. The molecule has 166 valence electrons. The molecule has 8 heteroatoms. The number of benzene rings is 3. The van der Waals surface area contributed by atoms with Crippen LogP contribution < -0.4 is 10.2 Å². The third-order valence-electron chi connectivity index (χ3n) is 5.87. The van der Waals surface area contributed by atoms with Crippen LogP contribution in [0.5, 0.6) is 0 Å². The van der Waals surface area contributed by atoms with E-state index < -0.39 is 10.0 Å². The Balaban J connectivity index is 1.64. The molecule has 0 spiro atoms. The highest BCUT2D eigenvalue weighted by atomic mass is 32.2. The fraction of sp³-hybridized carbons (Fsp3) is 0.250. The van der Waals surface area contributed by atoms with Crippen LogP contribution in [0.15, 0.2) is 59.5 Å². The van der Waals surface area contributed by atoms with Crippen molar-refractivity contribution in [1.29, 1.82) is 0 Å². The van der Waals surface area contributed by atoms with Crippen molar-refractivity contribution in [3.8, 4) is 0 Å². The van der Waals surface area contributed by atoms with Crippen molar-refractivity contribution in [2.75, 3.05) is 23.8 Å². The highest BCUT2D eigenvalue weighted by molar-refractivity contribution is 7.89. The van der Waals surface area contributed by atoms with Gasteiger partial charge >= 0.3 is 0 Å². The maximum Gasteiger partial charge on any atom is 0.258 e. The van der Waals surface area contributed by atoms with Crippen molar-refractivity contribution >= 4 is 44.0 Å². The van der Waals surface area contributed by atoms with Gasteiger partial charge in [0.2, 0.25) is 10.0 Å². The molecular weight excluding hydrogens is 426 g/mol. The molecule has 1 aliphatic heterocycles. The third-order valence-corrected chi connectivity index (χ3v) is 7.92. The zero-order valence-corrected chi connectivity index (χ0v) is 19.2. The van der Waals surface area contributed by atoms with Gasteiger partial charge in [-0.05, 0) is 63.2 Å². The van der Waals surface area contributed by atoms with E-state index in [4.69, 9.17) is 0 Å². The summed E-state index contributed by atoms with van der Waals surface area (Å²) in [7, 11) is -2.09. The molecule has 1 N–H and O–H groups in total. The quantitative estimate of drug-likeness (QED) is 0.611. The molecule has 1 heterocycles. The van der Waals surface area contributed by atoms with Gasteiger partial charge in [0.05, 0.1) is 10.6 Å². The molecule has 0 saturated heterocycles. The van der Waals surface area contributed by atoms with Gasteiger partial charge in [0.15, 0.2) is 0 Å². The first-order chi connectivity index (χ1) is 15.2. The largest absolute Gasteiger partial charge is 0.321 e. The van der Waals surface area contributed by atoms with Crippen molar-refractivity contribution in [2.45, 2.75) is 31.7 Å². The van der Waals surface area contributed by atoms with Crippen LogP contribution in [0.3, 0.4) is 0 Å². The number of rotatable bonds is 6. The van der Waals surface area contributed by atoms with Crippen molar-refractivity contribution in [2.24, 2.45) is 0 Å². The minimum Gasteiger partial charge on any atom is -0.321 e. The zero-order chi connectivity index (χ0) is 23.2. The lowest BCUT2D eigenvalue weighted by Gasteiger charge is -2.21. The molecule has 2 amide bonds. The normalized spacial score (nSPS) is 13.4. The minimum absolute atomic E-state index is 0.0419. The SMILES string of the molecule is CCN1C(=O)c2cccc3c(NC(=O)c4ccc(S(=O)(=O)N(C)C(C)C)cc4)ccc1c23. The molecule has 0 unspecified atom stereocenters. The minimum atomic E-state index is -3.62. The molecule has 0 aliphatic carbocycles. The molecule has 32 heavy (non-hydrogen) atoms. The second kappa shape index (κ2) is 8.03. The number of amides is 2. The van der Waals surface area contributed by atoms with Gasteiger partial charge < -0.3 is 10.2 Å². The molecule has 0 radical (unpaired) electrons. The van der Waals surface area contributed by atoms with Gasteiger partial charge in [-0.2, -0.15) is 4.31 Å². The van der Waals surface area contributed by atoms with Crippen LogP contribution in [0.25, 0.3) is 10.8 Å². The Labute approximate surface area is 187 Å². The summed E-state index contributed by atoms with van der Waals surface area (Å²) in [5.74, 6) is -0.400. The predicted molar refractivity (Wildman–Crippen MR) is 126 cm³/mol. The summed E-state index contributed by atoms with van der Waals surface area (Å²) in [6.45, 7) is 6.08. The molecule has 7 nitrogen and oxygen atoms in total. The van der Waals surface area contributed by atoms with Gasteiger partial charge in [0, 0.05) is 47.2 Å². The molecule has 0 fully saturated rings. The van der Waals surface area contributed by atoms with E-state index >= 15 is 0 Å². The Morgan fingerprint density at radius 2 is 1.75 bits per heavy atom. The van der Waals surface area contributed by atoms with Crippen LogP contribution in [-0.2, 0) is 10.0 Å². The van der Waals surface area contributed by atoms with Gasteiger partial charge in [-0.15, -0.1) is 0 Å².